The van der Waals surface area contributed by atoms with Gasteiger partial charge in [0.15, 0.2) is 0 Å². The number of anilines is 1. The van der Waals surface area contributed by atoms with E-state index in [1.807, 2.05) is 0 Å². The van der Waals surface area contributed by atoms with Crippen LogP contribution >= 0.6 is 0 Å². The number of nitro benzene ring substituents is 2. The van der Waals surface area contributed by atoms with Gasteiger partial charge in [-0.3, -0.25) is 20.2 Å². The lowest BCUT2D eigenvalue weighted by molar-refractivity contribution is -0.393. The minimum Gasteiger partial charge on any atom is -0.416 e. The van der Waals surface area contributed by atoms with Crippen molar-refractivity contribution in [1.29, 1.82) is 0 Å². The molecule has 24 heavy (non-hydrogen) atoms. The highest BCUT2D eigenvalue weighted by atomic mass is 16.6. The second kappa shape index (κ2) is 5.76. The van der Waals surface area contributed by atoms with E-state index in [1.54, 1.807) is 24.3 Å². The Morgan fingerprint density at radius 3 is 2.21 bits per heavy atom. The molecule has 2 aromatic carbocycles. The first kappa shape index (κ1) is 15.1. The van der Waals surface area contributed by atoms with E-state index in [4.69, 9.17) is 10.2 Å². The number of nitrogen functional groups attached to an aromatic ring is 1. The fourth-order valence-electron chi connectivity index (χ4n) is 2.04. The fraction of sp³-hybridized carbons (Fsp3) is 0. The van der Waals surface area contributed by atoms with Gasteiger partial charge in [0.1, 0.15) is 5.56 Å². The molecule has 3 rings (SSSR count). The number of nitrogens with two attached hydrogens (primary N) is 1. The number of benzene rings is 2. The predicted molar refractivity (Wildman–Crippen MR) is 82.9 cm³/mol. The summed E-state index contributed by atoms with van der Waals surface area (Å²) in [5.41, 5.74) is 5.86. The first-order chi connectivity index (χ1) is 11.5. The van der Waals surface area contributed by atoms with Crippen molar-refractivity contribution in [2.24, 2.45) is 0 Å². The van der Waals surface area contributed by atoms with Crippen molar-refractivity contribution in [1.82, 2.24) is 10.2 Å². The van der Waals surface area contributed by atoms with Gasteiger partial charge in [0, 0.05) is 17.3 Å². The summed E-state index contributed by atoms with van der Waals surface area (Å²) < 4.78 is 5.45. The van der Waals surface area contributed by atoms with Crippen LogP contribution in [0.4, 0.5) is 17.1 Å². The van der Waals surface area contributed by atoms with Crippen molar-refractivity contribution < 1.29 is 14.3 Å². The number of aromatic nitrogens is 2. The molecule has 0 fully saturated rings. The highest BCUT2D eigenvalue weighted by Gasteiger charge is 2.24. The number of non-ortho nitro benzene ring substituents is 1. The van der Waals surface area contributed by atoms with E-state index in [0.717, 1.165) is 12.1 Å². The van der Waals surface area contributed by atoms with E-state index in [9.17, 15) is 20.2 Å². The Labute approximate surface area is 133 Å². The van der Waals surface area contributed by atoms with E-state index >= 15 is 0 Å². The van der Waals surface area contributed by atoms with Crippen LogP contribution in [0.15, 0.2) is 46.9 Å². The number of nitro groups is 2. The fourth-order valence-corrected chi connectivity index (χ4v) is 2.04. The topological polar surface area (TPSA) is 151 Å². The lowest BCUT2D eigenvalue weighted by Crippen LogP contribution is -1.95. The second-order valence-electron chi connectivity index (χ2n) is 4.75. The smallest absolute Gasteiger partial charge is 0.288 e. The van der Waals surface area contributed by atoms with Gasteiger partial charge in [-0.2, -0.15) is 0 Å². The predicted octanol–water partition coefficient (Wildman–Crippen LogP) is 2.80. The standard InChI is InChI=1S/C14H9N5O5/c15-9-3-1-8(2-4-9)13-16-17-14(24-13)11-6-5-10(18(20)21)7-12(11)19(22)23/h1-7H,15H2. The molecule has 0 saturated carbocycles. The molecule has 2 N–H and O–H groups in total. The van der Waals surface area contributed by atoms with Gasteiger partial charge < -0.3 is 10.2 Å². The van der Waals surface area contributed by atoms with Crippen LogP contribution in [0.2, 0.25) is 0 Å². The van der Waals surface area contributed by atoms with E-state index in [1.165, 1.54) is 6.07 Å². The summed E-state index contributed by atoms with van der Waals surface area (Å²) >= 11 is 0. The van der Waals surface area contributed by atoms with Gasteiger partial charge in [-0.25, -0.2) is 0 Å². The van der Waals surface area contributed by atoms with Crippen molar-refractivity contribution in [2.75, 3.05) is 5.73 Å². The van der Waals surface area contributed by atoms with Crippen molar-refractivity contribution in [3.8, 4) is 22.9 Å². The Hall–Kier alpha value is -3.82. The molecule has 0 saturated heterocycles. The monoisotopic (exact) mass is 327 g/mol. The minimum absolute atomic E-state index is 0.000190. The molecule has 1 heterocycles. The third-order valence-electron chi connectivity index (χ3n) is 3.20. The molecule has 10 heteroatoms. The minimum atomic E-state index is -0.741. The summed E-state index contributed by atoms with van der Waals surface area (Å²) in [5, 5.41) is 29.5. The lowest BCUT2D eigenvalue weighted by Gasteiger charge is -1.99. The molecule has 0 aliphatic heterocycles. The average Bonchev–Trinajstić information content (AvgIpc) is 3.04. The zero-order valence-electron chi connectivity index (χ0n) is 11.9. The van der Waals surface area contributed by atoms with Crippen molar-refractivity contribution in [3.05, 3.63) is 62.7 Å². The molecular weight excluding hydrogens is 318 g/mol. The number of hydrogen-bond donors (Lipinski definition) is 1. The zero-order chi connectivity index (χ0) is 17.3. The first-order valence-electron chi connectivity index (χ1n) is 6.58. The first-order valence-corrected chi connectivity index (χ1v) is 6.58. The molecule has 0 unspecified atom stereocenters. The quantitative estimate of drug-likeness (QED) is 0.436. The Morgan fingerprint density at radius 1 is 0.917 bits per heavy atom. The molecule has 120 valence electrons. The summed E-state index contributed by atoms with van der Waals surface area (Å²) in [5.74, 6) is 0.0427. The van der Waals surface area contributed by atoms with Gasteiger partial charge in [0.05, 0.1) is 15.9 Å². The van der Waals surface area contributed by atoms with E-state index < -0.39 is 21.2 Å². The Morgan fingerprint density at radius 2 is 1.58 bits per heavy atom. The molecule has 0 aliphatic rings. The van der Waals surface area contributed by atoms with Crippen molar-refractivity contribution in [3.63, 3.8) is 0 Å². The average molecular weight is 327 g/mol. The third-order valence-corrected chi connectivity index (χ3v) is 3.20. The van der Waals surface area contributed by atoms with Crippen LogP contribution < -0.4 is 5.73 Å². The molecule has 0 aliphatic carbocycles. The van der Waals surface area contributed by atoms with Crippen LogP contribution in [-0.2, 0) is 0 Å². The summed E-state index contributed by atoms with van der Waals surface area (Å²) in [6.45, 7) is 0. The zero-order valence-corrected chi connectivity index (χ0v) is 11.9. The van der Waals surface area contributed by atoms with Gasteiger partial charge in [-0.1, -0.05) is 0 Å². The summed E-state index contributed by atoms with van der Waals surface area (Å²) in [4.78, 5) is 20.5. The molecule has 1 aromatic heterocycles. The molecule has 0 amide bonds. The molecule has 0 radical (unpaired) electrons. The Kier molecular flexibility index (Phi) is 3.62. The molecule has 0 bridgehead atoms. The Balaban J connectivity index is 2.05. The molecule has 3 aromatic rings. The maximum Gasteiger partial charge on any atom is 0.288 e. The molecule has 10 nitrogen and oxygen atoms in total. The van der Waals surface area contributed by atoms with Crippen molar-refractivity contribution in [2.45, 2.75) is 0 Å². The molecular formula is C14H9N5O5. The second-order valence-corrected chi connectivity index (χ2v) is 4.75. The normalized spacial score (nSPS) is 10.5. The summed E-state index contributed by atoms with van der Waals surface area (Å²) in [7, 11) is 0. The van der Waals surface area contributed by atoms with Gasteiger partial charge in [0.25, 0.3) is 17.3 Å². The summed E-state index contributed by atoms with van der Waals surface area (Å²) in [6.07, 6.45) is 0. The third kappa shape index (κ3) is 2.75. The van der Waals surface area contributed by atoms with Crippen LogP contribution in [0, 0.1) is 20.2 Å². The lowest BCUT2D eigenvalue weighted by atomic mass is 10.1. The van der Waals surface area contributed by atoms with Crippen LogP contribution in [0.5, 0.6) is 0 Å². The molecule has 0 spiro atoms. The van der Waals surface area contributed by atoms with Crippen LogP contribution in [0.25, 0.3) is 22.9 Å². The summed E-state index contributed by atoms with van der Waals surface area (Å²) in [6, 6.07) is 9.81. The van der Waals surface area contributed by atoms with E-state index in [2.05, 4.69) is 10.2 Å². The van der Waals surface area contributed by atoms with Gasteiger partial charge in [-0.05, 0) is 30.3 Å². The van der Waals surface area contributed by atoms with Gasteiger partial charge in [-0.15, -0.1) is 10.2 Å². The number of nitrogens with zero attached hydrogens (tertiary/aromatic N) is 4. The Bertz CT molecular complexity index is 935. The van der Waals surface area contributed by atoms with Gasteiger partial charge in [0.2, 0.25) is 5.89 Å². The van der Waals surface area contributed by atoms with Crippen LogP contribution in [0.3, 0.4) is 0 Å². The molecule has 0 atom stereocenters. The van der Waals surface area contributed by atoms with E-state index in [0.29, 0.717) is 11.3 Å². The van der Waals surface area contributed by atoms with Crippen LogP contribution in [0.1, 0.15) is 0 Å². The van der Waals surface area contributed by atoms with Crippen LogP contribution in [-0.4, -0.2) is 20.0 Å². The maximum atomic E-state index is 11.2. The van der Waals surface area contributed by atoms with Gasteiger partial charge >= 0.3 is 0 Å². The number of rotatable bonds is 4. The SMILES string of the molecule is Nc1ccc(-c2nnc(-c3ccc([N+](=O)[O-])cc3[N+](=O)[O-])o2)cc1. The number of hydrogen-bond acceptors (Lipinski definition) is 8. The van der Waals surface area contributed by atoms with Crippen molar-refractivity contribution >= 4 is 17.1 Å². The highest BCUT2D eigenvalue weighted by molar-refractivity contribution is 5.70. The highest BCUT2D eigenvalue weighted by Crippen LogP contribution is 2.33. The largest absolute Gasteiger partial charge is 0.416 e. The van der Waals surface area contributed by atoms with E-state index in [-0.39, 0.29) is 17.3 Å². The maximum absolute atomic E-state index is 11.2.